The van der Waals surface area contributed by atoms with E-state index in [2.05, 4.69) is 24.8 Å². The van der Waals surface area contributed by atoms with Crippen LogP contribution in [0, 0.1) is 0 Å². The Labute approximate surface area is 254 Å². The predicted molar refractivity (Wildman–Crippen MR) is 172 cm³/mol. The van der Waals surface area contributed by atoms with Crippen molar-refractivity contribution in [2.75, 3.05) is 23.3 Å². The van der Waals surface area contributed by atoms with E-state index in [0.717, 1.165) is 59.3 Å². The summed E-state index contributed by atoms with van der Waals surface area (Å²) in [6.07, 6.45) is 6.99. The molecule has 9 nitrogen and oxygen atoms in total. The van der Waals surface area contributed by atoms with E-state index in [1.54, 1.807) is 12.5 Å². The molecule has 0 atom stereocenters. The van der Waals surface area contributed by atoms with Crippen LogP contribution >= 0.6 is 0 Å². The van der Waals surface area contributed by atoms with Crippen molar-refractivity contribution in [3.63, 3.8) is 0 Å². The minimum atomic E-state index is -0.217. The van der Waals surface area contributed by atoms with Crippen LogP contribution < -0.4 is 10.2 Å². The van der Waals surface area contributed by atoms with Gasteiger partial charge in [0.05, 0.1) is 23.5 Å². The molecule has 6 aromatic rings. The standard InChI is InChI=1S/C35H32N6O3/c1-39-22-37-34-32(39)18-23(21-36-34)19-33(43)24-2-9-29(10-3-24)41-17-12-26-20-27(6-11-31(26)41)38-35(44)25-4-7-28(8-5-25)40-15-13-30(42)14-16-40/h2-12,17-18,20-22,30,42H,13-16,19H2,1H3,(H,38,44). The summed E-state index contributed by atoms with van der Waals surface area (Å²) in [5.74, 6) is -0.140. The van der Waals surface area contributed by atoms with Gasteiger partial charge in [0.15, 0.2) is 11.4 Å². The molecule has 0 aliphatic carbocycles. The summed E-state index contributed by atoms with van der Waals surface area (Å²) in [6, 6.07) is 25.0. The van der Waals surface area contributed by atoms with Crippen LogP contribution in [0.5, 0.6) is 0 Å². The number of piperidine rings is 1. The third kappa shape index (κ3) is 5.45. The normalized spacial score (nSPS) is 13.9. The molecule has 7 rings (SSSR count). The summed E-state index contributed by atoms with van der Waals surface area (Å²) in [4.78, 5) is 36.8. The average Bonchev–Trinajstić information content (AvgIpc) is 3.64. The van der Waals surface area contributed by atoms with Crippen molar-refractivity contribution in [2.24, 2.45) is 7.05 Å². The number of nitrogens with zero attached hydrogens (tertiary/aromatic N) is 5. The number of aliphatic hydroxyl groups is 1. The van der Waals surface area contributed by atoms with Crippen molar-refractivity contribution in [2.45, 2.75) is 25.4 Å². The SMILES string of the molecule is Cn1cnc2ncc(CC(=O)c3ccc(-n4ccc5cc(NC(=O)c6ccc(N7CCC(O)CC7)cc6)ccc54)cc3)cc21. The molecule has 1 amide bonds. The van der Waals surface area contributed by atoms with E-state index in [1.165, 1.54) is 0 Å². The molecule has 2 N–H and O–H groups in total. The molecule has 1 saturated heterocycles. The summed E-state index contributed by atoms with van der Waals surface area (Å²) in [5, 5.41) is 13.8. The molecule has 0 radical (unpaired) electrons. The number of pyridine rings is 1. The van der Waals surface area contributed by atoms with Crippen LogP contribution in [0.4, 0.5) is 11.4 Å². The lowest BCUT2D eigenvalue weighted by Gasteiger charge is -2.31. The van der Waals surface area contributed by atoms with E-state index >= 15 is 0 Å². The smallest absolute Gasteiger partial charge is 0.255 e. The van der Waals surface area contributed by atoms with Gasteiger partial charge < -0.3 is 24.5 Å². The Hall–Kier alpha value is -5.28. The van der Waals surface area contributed by atoms with Gasteiger partial charge in [0, 0.05) is 72.5 Å². The molecule has 0 unspecified atom stereocenters. The molecule has 0 bridgehead atoms. The molecule has 4 heterocycles. The maximum Gasteiger partial charge on any atom is 0.255 e. The topological polar surface area (TPSA) is 105 Å². The summed E-state index contributed by atoms with van der Waals surface area (Å²) < 4.78 is 3.96. The third-order valence-corrected chi connectivity index (χ3v) is 8.38. The number of benzene rings is 3. The number of aromatic nitrogens is 4. The van der Waals surface area contributed by atoms with Gasteiger partial charge in [-0.25, -0.2) is 9.97 Å². The van der Waals surface area contributed by atoms with Crippen molar-refractivity contribution < 1.29 is 14.7 Å². The highest BCUT2D eigenvalue weighted by Gasteiger charge is 2.18. The van der Waals surface area contributed by atoms with Crippen molar-refractivity contribution in [1.29, 1.82) is 0 Å². The summed E-state index contributed by atoms with van der Waals surface area (Å²) in [6.45, 7) is 1.63. The highest BCUT2D eigenvalue weighted by Crippen LogP contribution is 2.26. The second-order valence-corrected chi connectivity index (χ2v) is 11.4. The molecule has 0 saturated carbocycles. The average molecular weight is 585 g/mol. The van der Waals surface area contributed by atoms with Gasteiger partial charge in [0.2, 0.25) is 0 Å². The number of amides is 1. The van der Waals surface area contributed by atoms with Crippen LogP contribution in [0.2, 0.25) is 0 Å². The van der Waals surface area contributed by atoms with Crippen molar-refractivity contribution in [3.8, 4) is 5.69 Å². The zero-order valence-corrected chi connectivity index (χ0v) is 24.4. The molecule has 3 aromatic carbocycles. The lowest BCUT2D eigenvalue weighted by atomic mass is 10.0. The summed E-state index contributed by atoms with van der Waals surface area (Å²) in [7, 11) is 1.91. The van der Waals surface area contributed by atoms with Crippen LogP contribution in [0.25, 0.3) is 27.8 Å². The lowest BCUT2D eigenvalue weighted by molar-refractivity contribution is 0.0991. The maximum absolute atomic E-state index is 13.0. The van der Waals surface area contributed by atoms with Gasteiger partial charge in [-0.1, -0.05) is 0 Å². The van der Waals surface area contributed by atoms with Crippen LogP contribution in [0.1, 0.15) is 39.1 Å². The summed E-state index contributed by atoms with van der Waals surface area (Å²) >= 11 is 0. The van der Waals surface area contributed by atoms with E-state index in [9.17, 15) is 14.7 Å². The largest absolute Gasteiger partial charge is 0.393 e. The number of aryl methyl sites for hydroxylation is 1. The number of Topliss-reactive ketones (excluding diaryl/α,β-unsaturated/α-hetero) is 1. The Balaban J connectivity index is 1.01. The molecule has 1 aliphatic heterocycles. The van der Waals surface area contributed by atoms with E-state index < -0.39 is 0 Å². The predicted octanol–water partition coefficient (Wildman–Crippen LogP) is 5.55. The molecule has 44 heavy (non-hydrogen) atoms. The van der Waals surface area contributed by atoms with Gasteiger partial charge in [0.1, 0.15) is 0 Å². The fraction of sp³-hybridized carbons (Fsp3) is 0.200. The minimum absolute atomic E-state index is 0.0265. The van der Waals surface area contributed by atoms with Gasteiger partial charge in [-0.2, -0.15) is 0 Å². The Morgan fingerprint density at radius 2 is 1.59 bits per heavy atom. The van der Waals surface area contributed by atoms with E-state index in [-0.39, 0.29) is 24.2 Å². The first-order valence-corrected chi connectivity index (χ1v) is 14.8. The molecular formula is C35H32N6O3. The van der Waals surface area contributed by atoms with Gasteiger partial charge in [-0.05, 0) is 97.3 Å². The van der Waals surface area contributed by atoms with Crippen LogP contribution in [0.15, 0.2) is 97.6 Å². The first-order valence-electron chi connectivity index (χ1n) is 14.8. The zero-order valence-electron chi connectivity index (χ0n) is 24.4. The minimum Gasteiger partial charge on any atom is -0.393 e. The second kappa shape index (κ2) is 11.4. The number of aliphatic hydroxyl groups excluding tert-OH is 1. The maximum atomic E-state index is 13.0. The first kappa shape index (κ1) is 27.5. The van der Waals surface area contributed by atoms with Crippen molar-refractivity contribution >= 4 is 45.1 Å². The first-order chi connectivity index (χ1) is 21.4. The van der Waals surface area contributed by atoms with Gasteiger partial charge >= 0.3 is 0 Å². The number of nitrogens with one attached hydrogen (secondary N) is 1. The van der Waals surface area contributed by atoms with E-state index in [1.807, 2.05) is 96.7 Å². The zero-order chi connectivity index (χ0) is 30.2. The van der Waals surface area contributed by atoms with E-state index in [4.69, 9.17) is 0 Å². The number of carbonyl (C=O) groups is 2. The Morgan fingerprint density at radius 3 is 2.36 bits per heavy atom. The quantitative estimate of drug-likeness (QED) is 0.239. The number of anilines is 2. The number of ketones is 1. The number of fused-ring (bicyclic) bond motifs is 2. The fourth-order valence-corrected chi connectivity index (χ4v) is 5.84. The Bertz CT molecular complexity index is 1980. The third-order valence-electron chi connectivity index (χ3n) is 8.38. The molecule has 9 heteroatoms. The Kier molecular flexibility index (Phi) is 7.15. The highest BCUT2D eigenvalue weighted by molar-refractivity contribution is 6.05. The van der Waals surface area contributed by atoms with Crippen LogP contribution in [-0.2, 0) is 13.5 Å². The monoisotopic (exact) mass is 584 g/mol. The number of imidazole rings is 1. The molecule has 220 valence electrons. The molecule has 1 fully saturated rings. The second-order valence-electron chi connectivity index (χ2n) is 11.4. The van der Waals surface area contributed by atoms with Crippen LogP contribution in [-0.4, -0.2) is 55.1 Å². The number of hydrogen-bond acceptors (Lipinski definition) is 6. The molecule has 1 aliphatic rings. The van der Waals surface area contributed by atoms with Crippen molar-refractivity contribution in [1.82, 2.24) is 19.1 Å². The fourth-order valence-electron chi connectivity index (χ4n) is 5.84. The lowest BCUT2D eigenvalue weighted by Crippen LogP contribution is -2.35. The molecular weight excluding hydrogens is 552 g/mol. The van der Waals surface area contributed by atoms with Gasteiger partial charge in [-0.3, -0.25) is 9.59 Å². The summed E-state index contributed by atoms with van der Waals surface area (Å²) in [5.41, 5.74) is 7.37. The number of carbonyl (C=O) groups excluding carboxylic acids is 2. The molecule has 3 aromatic heterocycles. The van der Waals surface area contributed by atoms with Gasteiger partial charge in [-0.15, -0.1) is 0 Å². The number of hydrogen-bond donors (Lipinski definition) is 2. The van der Waals surface area contributed by atoms with E-state index in [0.29, 0.717) is 22.5 Å². The van der Waals surface area contributed by atoms with Crippen LogP contribution in [0.3, 0.4) is 0 Å². The number of rotatable bonds is 7. The van der Waals surface area contributed by atoms with Gasteiger partial charge in [0.25, 0.3) is 5.91 Å². The van der Waals surface area contributed by atoms with Crippen molar-refractivity contribution in [3.05, 3.63) is 114 Å². The molecule has 0 spiro atoms. The Morgan fingerprint density at radius 1 is 0.864 bits per heavy atom. The highest BCUT2D eigenvalue weighted by atomic mass is 16.3.